The first-order valence-corrected chi connectivity index (χ1v) is 10.5. The van der Waals surface area contributed by atoms with E-state index in [9.17, 15) is 13.5 Å². The van der Waals surface area contributed by atoms with Gasteiger partial charge in [-0.15, -0.1) is 0 Å². The third-order valence-corrected chi connectivity index (χ3v) is 8.38. The van der Waals surface area contributed by atoms with Gasteiger partial charge < -0.3 is 9.63 Å². The standard InChI is InChI=1S/C19H24N2O4S/c1-3-19(12-22)11-15-6-7-18(19)21(15)26(23,24)17-10-14(5-4-13(17)2)16-8-9-20-25-16/h4-5,8-10,15,18,22H,3,6-7,11-12H2,1-2H3/t15-,18+,19-/m0/s1. The fraction of sp³-hybridized carbons (Fsp3) is 0.526. The number of sulfonamides is 1. The molecule has 2 saturated heterocycles. The number of hydrogen-bond acceptors (Lipinski definition) is 5. The normalized spacial score (nSPS) is 28.7. The highest BCUT2D eigenvalue weighted by molar-refractivity contribution is 7.89. The summed E-state index contributed by atoms with van der Waals surface area (Å²) in [5, 5.41) is 13.7. The number of aromatic nitrogens is 1. The van der Waals surface area contributed by atoms with Gasteiger partial charge in [0, 0.05) is 29.1 Å². The van der Waals surface area contributed by atoms with E-state index in [4.69, 9.17) is 4.52 Å². The number of rotatable bonds is 5. The molecule has 1 N–H and O–H groups in total. The Hall–Kier alpha value is -1.70. The van der Waals surface area contributed by atoms with Crippen molar-refractivity contribution >= 4 is 10.0 Å². The SMILES string of the molecule is CC[C@@]1(CO)C[C@@H]2CC[C@H]1N2S(=O)(=O)c1cc(-c2ccno2)ccc1C. The molecule has 2 aromatic rings. The molecule has 0 unspecified atom stereocenters. The second-order valence-corrected chi connectivity index (χ2v) is 9.33. The first-order valence-electron chi connectivity index (χ1n) is 9.09. The van der Waals surface area contributed by atoms with Crippen LogP contribution in [0.25, 0.3) is 11.3 Å². The van der Waals surface area contributed by atoms with Gasteiger partial charge in [-0.1, -0.05) is 24.2 Å². The lowest BCUT2D eigenvalue weighted by Crippen LogP contribution is -2.42. The Bertz CT molecular complexity index is 904. The average Bonchev–Trinajstić information content (AvgIpc) is 3.37. The maximum absolute atomic E-state index is 13.6. The van der Waals surface area contributed by atoms with Crippen molar-refractivity contribution in [2.45, 2.75) is 56.5 Å². The predicted octanol–water partition coefficient (Wildman–Crippen LogP) is 2.96. The van der Waals surface area contributed by atoms with Crippen molar-refractivity contribution in [1.29, 1.82) is 0 Å². The van der Waals surface area contributed by atoms with Crippen LogP contribution in [0.4, 0.5) is 0 Å². The molecular weight excluding hydrogens is 352 g/mol. The van der Waals surface area contributed by atoms with E-state index in [0.717, 1.165) is 25.7 Å². The molecule has 0 radical (unpaired) electrons. The lowest BCUT2D eigenvalue weighted by atomic mass is 9.72. The number of aliphatic hydroxyl groups excluding tert-OH is 1. The Morgan fingerprint density at radius 2 is 2.15 bits per heavy atom. The molecule has 0 spiro atoms. The molecule has 1 aromatic heterocycles. The van der Waals surface area contributed by atoms with Crippen LogP contribution in [0.3, 0.4) is 0 Å². The molecule has 140 valence electrons. The number of benzene rings is 1. The second kappa shape index (κ2) is 6.18. The molecule has 3 atom stereocenters. The molecule has 0 saturated carbocycles. The average molecular weight is 376 g/mol. The zero-order valence-electron chi connectivity index (χ0n) is 15.1. The van der Waals surface area contributed by atoms with E-state index in [1.165, 1.54) is 0 Å². The summed E-state index contributed by atoms with van der Waals surface area (Å²) >= 11 is 0. The number of aliphatic hydroxyl groups is 1. The highest BCUT2D eigenvalue weighted by Gasteiger charge is 2.58. The Kier molecular flexibility index (Phi) is 4.21. The van der Waals surface area contributed by atoms with Crippen molar-refractivity contribution in [3.05, 3.63) is 36.0 Å². The molecule has 7 heteroatoms. The number of nitrogens with zero attached hydrogens (tertiary/aromatic N) is 2. The van der Waals surface area contributed by atoms with Gasteiger partial charge in [-0.25, -0.2) is 8.42 Å². The second-order valence-electron chi connectivity index (χ2n) is 7.52. The molecule has 3 heterocycles. The Morgan fingerprint density at radius 1 is 1.35 bits per heavy atom. The fourth-order valence-electron chi connectivity index (χ4n) is 4.77. The first-order chi connectivity index (χ1) is 12.4. The van der Waals surface area contributed by atoms with Crippen LogP contribution in [0.5, 0.6) is 0 Å². The zero-order valence-corrected chi connectivity index (χ0v) is 15.9. The molecule has 1 aromatic carbocycles. The molecular formula is C19H24N2O4S. The quantitative estimate of drug-likeness (QED) is 0.867. The van der Waals surface area contributed by atoms with Crippen LogP contribution in [-0.4, -0.2) is 41.7 Å². The lowest BCUT2D eigenvalue weighted by molar-refractivity contribution is 0.0849. The number of fused-ring (bicyclic) bond motifs is 2. The van der Waals surface area contributed by atoms with Gasteiger partial charge in [0.25, 0.3) is 0 Å². The molecule has 6 nitrogen and oxygen atoms in total. The largest absolute Gasteiger partial charge is 0.396 e. The van der Waals surface area contributed by atoms with Gasteiger partial charge in [-0.3, -0.25) is 0 Å². The molecule has 26 heavy (non-hydrogen) atoms. The van der Waals surface area contributed by atoms with Crippen LogP contribution >= 0.6 is 0 Å². The Morgan fingerprint density at radius 3 is 2.77 bits per heavy atom. The summed E-state index contributed by atoms with van der Waals surface area (Å²) < 4.78 is 34.0. The third kappa shape index (κ3) is 2.45. The van der Waals surface area contributed by atoms with Crippen molar-refractivity contribution in [2.24, 2.45) is 5.41 Å². The van der Waals surface area contributed by atoms with E-state index in [2.05, 4.69) is 5.16 Å². The molecule has 2 bridgehead atoms. The van der Waals surface area contributed by atoms with Crippen molar-refractivity contribution in [3.63, 3.8) is 0 Å². The van der Waals surface area contributed by atoms with E-state index < -0.39 is 10.0 Å². The monoisotopic (exact) mass is 376 g/mol. The number of hydrogen-bond donors (Lipinski definition) is 1. The van der Waals surface area contributed by atoms with E-state index in [1.54, 1.807) is 22.6 Å². The van der Waals surface area contributed by atoms with Crippen LogP contribution in [-0.2, 0) is 10.0 Å². The van der Waals surface area contributed by atoms with Crippen LogP contribution in [0.15, 0.2) is 39.9 Å². The minimum absolute atomic E-state index is 0.0227. The van der Waals surface area contributed by atoms with Gasteiger partial charge in [0.2, 0.25) is 10.0 Å². The maximum atomic E-state index is 13.6. The van der Waals surface area contributed by atoms with Crippen LogP contribution in [0, 0.1) is 12.3 Å². The Balaban J connectivity index is 1.78. The Labute approximate surface area is 153 Å². The lowest BCUT2D eigenvalue weighted by Gasteiger charge is -2.34. The molecule has 0 aliphatic carbocycles. The highest BCUT2D eigenvalue weighted by Crippen LogP contribution is 2.53. The summed E-state index contributed by atoms with van der Waals surface area (Å²) in [6, 6.07) is 6.90. The van der Waals surface area contributed by atoms with Gasteiger partial charge in [-0.05, 0) is 44.2 Å². The summed E-state index contributed by atoms with van der Waals surface area (Å²) in [7, 11) is -3.65. The van der Waals surface area contributed by atoms with Gasteiger partial charge in [-0.2, -0.15) is 4.31 Å². The van der Waals surface area contributed by atoms with E-state index in [1.807, 2.05) is 26.0 Å². The zero-order chi connectivity index (χ0) is 18.5. The summed E-state index contributed by atoms with van der Waals surface area (Å²) in [5.41, 5.74) is 1.10. The van der Waals surface area contributed by atoms with Crippen LogP contribution in [0.2, 0.25) is 0 Å². The summed E-state index contributed by atoms with van der Waals surface area (Å²) in [4.78, 5) is 0.313. The van der Waals surface area contributed by atoms with Gasteiger partial charge in [0.1, 0.15) is 0 Å². The van der Waals surface area contributed by atoms with Crippen molar-refractivity contribution in [2.75, 3.05) is 6.61 Å². The number of aryl methyl sites for hydroxylation is 1. The van der Waals surface area contributed by atoms with Gasteiger partial charge >= 0.3 is 0 Å². The maximum Gasteiger partial charge on any atom is 0.243 e. The first kappa shape index (κ1) is 17.7. The molecule has 0 amide bonds. The van der Waals surface area contributed by atoms with E-state index >= 15 is 0 Å². The fourth-order valence-corrected chi connectivity index (χ4v) is 6.98. The smallest absolute Gasteiger partial charge is 0.243 e. The van der Waals surface area contributed by atoms with Crippen molar-refractivity contribution < 1.29 is 18.0 Å². The van der Waals surface area contributed by atoms with Crippen molar-refractivity contribution in [3.8, 4) is 11.3 Å². The third-order valence-electron chi connectivity index (χ3n) is 6.27. The molecule has 4 rings (SSSR count). The topological polar surface area (TPSA) is 83.6 Å². The van der Waals surface area contributed by atoms with Crippen LogP contribution in [0.1, 0.15) is 38.2 Å². The van der Waals surface area contributed by atoms with Gasteiger partial charge in [0.05, 0.1) is 17.7 Å². The minimum Gasteiger partial charge on any atom is -0.396 e. The molecule has 2 fully saturated rings. The molecule has 2 aliphatic heterocycles. The summed E-state index contributed by atoms with van der Waals surface area (Å²) in [6.45, 7) is 3.89. The van der Waals surface area contributed by atoms with Gasteiger partial charge in [0.15, 0.2) is 5.76 Å². The van der Waals surface area contributed by atoms with E-state index in [0.29, 0.717) is 21.8 Å². The minimum atomic E-state index is -3.65. The van der Waals surface area contributed by atoms with Crippen molar-refractivity contribution in [1.82, 2.24) is 9.46 Å². The molecule has 2 aliphatic rings. The summed E-state index contributed by atoms with van der Waals surface area (Å²) in [5.74, 6) is 0.545. The predicted molar refractivity (Wildman–Crippen MR) is 96.9 cm³/mol. The van der Waals surface area contributed by atoms with E-state index in [-0.39, 0.29) is 24.1 Å². The van der Waals surface area contributed by atoms with Crippen LogP contribution < -0.4 is 0 Å². The summed E-state index contributed by atoms with van der Waals surface area (Å²) in [6.07, 6.45) is 4.76. The highest BCUT2D eigenvalue weighted by atomic mass is 32.2.